The average molecular weight is 500 g/mol. The van der Waals surface area contributed by atoms with Gasteiger partial charge in [0, 0.05) is 30.7 Å². The van der Waals surface area contributed by atoms with Crippen LogP contribution in [0.3, 0.4) is 0 Å². The van der Waals surface area contributed by atoms with Gasteiger partial charge in [-0.3, -0.25) is 4.57 Å². The zero-order valence-electron chi connectivity index (χ0n) is 19.9. The van der Waals surface area contributed by atoms with Crippen LogP contribution in [-0.4, -0.2) is 55.3 Å². The monoisotopic (exact) mass is 499 g/mol. The number of aryl methyl sites for hydroxylation is 1. The van der Waals surface area contributed by atoms with Gasteiger partial charge in [-0.15, -0.1) is 0 Å². The number of aromatic nitrogens is 1. The van der Waals surface area contributed by atoms with Gasteiger partial charge in [0.25, 0.3) is 0 Å². The summed E-state index contributed by atoms with van der Waals surface area (Å²) in [7, 11) is -3.63. The van der Waals surface area contributed by atoms with Crippen molar-refractivity contribution in [3.63, 3.8) is 0 Å². The second-order valence-corrected chi connectivity index (χ2v) is 10.3. The van der Waals surface area contributed by atoms with Crippen LogP contribution in [0.1, 0.15) is 32.3 Å². The first-order chi connectivity index (χ1) is 16.7. The molecule has 2 aromatic carbocycles. The van der Waals surface area contributed by atoms with Crippen LogP contribution in [0, 0.1) is 6.92 Å². The molecule has 0 aliphatic carbocycles. The largest absolute Gasteiger partial charge is 0.491 e. The van der Waals surface area contributed by atoms with Gasteiger partial charge in [-0.25, -0.2) is 17.9 Å². The summed E-state index contributed by atoms with van der Waals surface area (Å²) in [5.74, 6) is 0.638. The number of carbonyl (C=O) groups is 1. The van der Waals surface area contributed by atoms with Crippen LogP contribution in [0.5, 0.6) is 5.75 Å². The van der Waals surface area contributed by atoms with E-state index in [0.717, 1.165) is 16.5 Å². The molecule has 0 bridgehead atoms. The summed E-state index contributed by atoms with van der Waals surface area (Å²) in [5, 5.41) is 1.06. The quantitative estimate of drug-likeness (QED) is 0.574. The van der Waals surface area contributed by atoms with Crippen molar-refractivity contribution in [1.82, 2.24) is 14.2 Å². The standard InChI is InChI=1S/C24H29N3O4S.CO2/c1-17(2)31-20-8-10-21(11-9-20)32(29,30)25-19-12-14-26(15-13-19)24(28)27-16-18(3)22-6-4-5-7-23(22)27;2-1-3/h4-11,16-17,19,25H,12-15H2,1-3H3;. The molecule has 3 aromatic rings. The zero-order valence-corrected chi connectivity index (χ0v) is 20.7. The lowest BCUT2D eigenvalue weighted by molar-refractivity contribution is -0.191. The number of amides is 1. The maximum absolute atomic E-state index is 13.1. The summed E-state index contributed by atoms with van der Waals surface area (Å²) < 4.78 is 35.6. The van der Waals surface area contributed by atoms with Crippen LogP contribution < -0.4 is 9.46 Å². The maximum atomic E-state index is 13.1. The number of likely N-dealkylation sites (tertiary alicyclic amines) is 1. The molecule has 1 aliphatic rings. The van der Waals surface area contributed by atoms with Crippen LogP contribution in [0.4, 0.5) is 4.79 Å². The molecule has 0 spiro atoms. The summed E-state index contributed by atoms with van der Waals surface area (Å²) in [5.41, 5.74) is 1.95. The van der Waals surface area contributed by atoms with Crippen LogP contribution in [0.15, 0.2) is 59.6 Å². The number of fused-ring (bicyclic) bond motifs is 1. The number of hydrogen-bond donors (Lipinski definition) is 1. The number of piperidine rings is 1. The van der Waals surface area contributed by atoms with Crippen molar-refractivity contribution < 1.29 is 27.5 Å². The first-order valence-electron chi connectivity index (χ1n) is 11.3. The molecule has 4 rings (SSSR count). The normalized spacial score (nSPS) is 14.3. The SMILES string of the molecule is Cc1cn(C(=O)N2CCC(NS(=O)(=O)c3ccc(OC(C)C)cc3)CC2)c2ccccc12.O=C=O. The minimum absolute atomic E-state index is 0.0249. The summed E-state index contributed by atoms with van der Waals surface area (Å²) in [6.07, 6.45) is 3.28. The van der Waals surface area contributed by atoms with Crippen molar-refractivity contribution >= 4 is 33.1 Å². The third kappa shape index (κ3) is 6.36. The third-order valence-electron chi connectivity index (χ3n) is 5.71. The van der Waals surface area contributed by atoms with Crippen LogP contribution >= 0.6 is 0 Å². The van der Waals surface area contributed by atoms with Crippen molar-refractivity contribution in [3.05, 3.63) is 60.3 Å². The molecule has 9 nitrogen and oxygen atoms in total. The topological polar surface area (TPSA) is 115 Å². The Morgan fingerprint density at radius 1 is 1.06 bits per heavy atom. The molecule has 1 amide bonds. The predicted octanol–water partition coefficient (Wildman–Crippen LogP) is 3.56. The molecule has 1 saturated heterocycles. The van der Waals surface area contributed by atoms with Gasteiger partial charge in [-0.05, 0) is 69.5 Å². The summed E-state index contributed by atoms with van der Waals surface area (Å²) in [6, 6.07) is 14.0. The molecule has 0 atom stereocenters. The van der Waals surface area contributed by atoms with Crippen molar-refractivity contribution in [2.45, 2.75) is 50.7 Å². The average Bonchev–Trinajstić information content (AvgIpc) is 3.16. The van der Waals surface area contributed by atoms with Crippen molar-refractivity contribution in [2.75, 3.05) is 13.1 Å². The lowest BCUT2D eigenvalue weighted by Gasteiger charge is -2.32. The molecule has 186 valence electrons. The van der Waals surface area contributed by atoms with Gasteiger partial charge in [0.15, 0.2) is 0 Å². The van der Waals surface area contributed by atoms with E-state index in [-0.39, 0.29) is 29.2 Å². The number of rotatable bonds is 5. The number of hydrogen-bond acceptors (Lipinski definition) is 6. The van der Waals surface area contributed by atoms with Crippen LogP contribution in [0.2, 0.25) is 0 Å². The van der Waals surface area contributed by atoms with E-state index in [1.165, 1.54) is 0 Å². The Balaban J connectivity index is 0.00000108. The molecule has 2 heterocycles. The minimum atomic E-state index is -3.63. The Morgan fingerprint density at radius 3 is 2.26 bits per heavy atom. The number of benzene rings is 2. The predicted molar refractivity (Wildman–Crippen MR) is 130 cm³/mol. The fourth-order valence-corrected chi connectivity index (χ4v) is 5.41. The number of carbonyl (C=O) groups excluding carboxylic acids is 3. The van der Waals surface area contributed by atoms with E-state index in [2.05, 4.69) is 4.72 Å². The van der Waals surface area contributed by atoms with Gasteiger partial charge in [0.1, 0.15) is 5.75 Å². The number of para-hydroxylation sites is 1. The van der Waals surface area contributed by atoms with E-state index in [1.807, 2.05) is 51.2 Å². The minimum Gasteiger partial charge on any atom is -0.491 e. The van der Waals surface area contributed by atoms with Gasteiger partial charge >= 0.3 is 12.2 Å². The first kappa shape index (κ1) is 26.2. The Kier molecular flexibility index (Phi) is 8.45. The first-order valence-corrected chi connectivity index (χ1v) is 12.8. The van der Waals surface area contributed by atoms with Crippen molar-refractivity contribution in [3.8, 4) is 5.75 Å². The van der Waals surface area contributed by atoms with Crippen LogP contribution in [-0.2, 0) is 19.6 Å². The highest BCUT2D eigenvalue weighted by Gasteiger charge is 2.28. The highest BCUT2D eigenvalue weighted by molar-refractivity contribution is 7.89. The molecular formula is C25H29N3O6S. The van der Waals surface area contributed by atoms with Crippen molar-refractivity contribution in [1.29, 1.82) is 0 Å². The van der Waals surface area contributed by atoms with Crippen molar-refractivity contribution in [2.24, 2.45) is 0 Å². The molecule has 1 N–H and O–H groups in total. The van der Waals surface area contributed by atoms with E-state index in [9.17, 15) is 13.2 Å². The maximum Gasteiger partial charge on any atom is 0.373 e. The molecule has 0 radical (unpaired) electrons. The Labute approximate surface area is 204 Å². The van der Waals surface area contributed by atoms with E-state index in [4.69, 9.17) is 14.3 Å². The van der Waals surface area contributed by atoms with E-state index in [1.54, 1.807) is 33.7 Å². The molecule has 1 aromatic heterocycles. The summed E-state index contributed by atoms with van der Waals surface area (Å²) >= 11 is 0. The zero-order chi connectivity index (χ0) is 25.6. The molecule has 10 heteroatoms. The van der Waals surface area contributed by atoms with Gasteiger partial charge < -0.3 is 9.64 Å². The lowest BCUT2D eigenvalue weighted by atomic mass is 10.1. The van der Waals surface area contributed by atoms with Gasteiger partial charge in [0.2, 0.25) is 10.0 Å². The number of nitrogens with zero attached hydrogens (tertiary/aromatic N) is 2. The fourth-order valence-electron chi connectivity index (χ4n) is 4.11. The Morgan fingerprint density at radius 2 is 1.66 bits per heavy atom. The summed E-state index contributed by atoms with van der Waals surface area (Å²) in [4.78, 5) is 31.3. The second-order valence-electron chi connectivity index (χ2n) is 8.59. The fraction of sp³-hybridized carbons (Fsp3) is 0.360. The number of sulfonamides is 1. The van der Waals surface area contributed by atoms with Gasteiger partial charge in [-0.2, -0.15) is 9.59 Å². The molecule has 0 saturated carbocycles. The van der Waals surface area contributed by atoms with Gasteiger partial charge in [-0.1, -0.05) is 18.2 Å². The number of ether oxygens (including phenoxy) is 1. The van der Waals surface area contributed by atoms with Gasteiger partial charge in [0.05, 0.1) is 16.5 Å². The highest BCUT2D eigenvalue weighted by Crippen LogP contribution is 2.23. The number of nitrogens with one attached hydrogen (secondary N) is 1. The third-order valence-corrected chi connectivity index (χ3v) is 7.25. The van der Waals surface area contributed by atoms with E-state index >= 15 is 0 Å². The van der Waals surface area contributed by atoms with E-state index in [0.29, 0.717) is 31.7 Å². The molecule has 1 aliphatic heterocycles. The van der Waals surface area contributed by atoms with Crippen LogP contribution in [0.25, 0.3) is 10.9 Å². The molecule has 1 fully saturated rings. The highest BCUT2D eigenvalue weighted by atomic mass is 32.2. The second kappa shape index (κ2) is 11.3. The Bertz CT molecular complexity index is 1300. The van der Waals surface area contributed by atoms with E-state index < -0.39 is 10.0 Å². The Hall–Kier alpha value is -3.46. The molecule has 0 unspecified atom stereocenters. The lowest BCUT2D eigenvalue weighted by Crippen LogP contribution is -2.47. The molecular weight excluding hydrogens is 470 g/mol. The molecule has 35 heavy (non-hydrogen) atoms. The smallest absolute Gasteiger partial charge is 0.373 e. The summed E-state index contributed by atoms with van der Waals surface area (Å²) in [6.45, 7) is 6.83.